The Labute approximate surface area is 178 Å². The molecule has 0 aliphatic carbocycles. The summed E-state index contributed by atoms with van der Waals surface area (Å²) in [5, 5.41) is 10.8. The Bertz CT molecular complexity index is 1100. The monoisotopic (exact) mass is 455 g/mol. The number of hydrogen-bond acceptors (Lipinski definition) is 6. The van der Waals surface area contributed by atoms with Gasteiger partial charge >= 0.3 is 6.18 Å². The van der Waals surface area contributed by atoms with Crippen molar-refractivity contribution >= 4 is 29.2 Å². The Morgan fingerprint density at radius 2 is 2.13 bits per heavy atom. The van der Waals surface area contributed by atoms with Crippen LogP contribution in [0.25, 0.3) is 0 Å². The first-order valence-corrected chi connectivity index (χ1v) is 9.06. The molecule has 0 saturated carbocycles. The lowest BCUT2D eigenvalue weighted by Gasteiger charge is -2.36. The zero-order chi connectivity index (χ0) is 23.0. The molecule has 0 saturated heterocycles. The number of amidine groups is 1. The summed E-state index contributed by atoms with van der Waals surface area (Å²) in [6.07, 6.45) is -6.61. The van der Waals surface area contributed by atoms with Gasteiger partial charge in [-0.2, -0.15) is 18.4 Å². The largest absolute Gasteiger partial charge is 0.452 e. The highest BCUT2D eigenvalue weighted by molar-refractivity contribution is 6.31. The van der Waals surface area contributed by atoms with Crippen LogP contribution in [-0.4, -0.2) is 29.2 Å². The van der Waals surface area contributed by atoms with Crippen LogP contribution in [0.15, 0.2) is 35.5 Å². The Kier molecular flexibility index (Phi) is 5.78. The maximum Gasteiger partial charge on any atom is 0.425 e. The van der Waals surface area contributed by atoms with Crippen LogP contribution < -0.4 is 11.1 Å². The Hall–Kier alpha value is -3.39. The zero-order valence-corrected chi connectivity index (χ0v) is 16.6. The van der Waals surface area contributed by atoms with Crippen molar-refractivity contribution in [1.82, 2.24) is 4.98 Å². The van der Waals surface area contributed by atoms with Gasteiger partial charge in [0.1, 0.15) is 17.6 Å². The maximum atomic E-state index is 14.8. The molecule has 1 aliphatic heterocycles. The number of nitrogens with zero attached hydrogens (tertiary/aromatic N) is 3. The number of carbonyl (C=O) groups excluding carboxylic acids is 1. The average molecular weight is 456 g/mol. The summed E-state index contributed by atoms with van der Waals surface area (Å²) in [4.78, 5) is 20.1. The van der Waals surface area contributed by atoms with Crippen LogP contribution in [0.1, 0.15) is 35.0 Å². The molecule has 31 heavy (non-hydrogen) atoms. The van der Waals surface area contributed by atoms with E-state index in [1.54, 1.807) is 0 Å². The molecule has 1 aliphatic rings. The van der Waals surface area contributed by atoms with Gasteiger partial charge < -0.3 is 15.8 Å². The van der Waals surface area contributed by atoms with Gasteiger partial charge in [0.15, 0.2) is 6.10 Å². The molecule has 0 radical (unpaired) electrons. The molecular weight excluding hydrogens is 442 g/mol. The van der Waals surface area contributed by atoms with Gasteiger partial charge in [0, 0.05) is 23.9 Å². The van der Waals surface area contributed by atoms with Crippen molar-refractivity contribution in [1.29, 1.82) is 5.26 Å². The number of carbonyl (C=O) groups is 1. The second-order valence-corrected chi connectivity index (χ2v) is 7.30. The Morgan fingerprint density at radius 3 is 2.71 bits per heavy atom. The molecule has 12 heteroatoms. The van der Waals surface area contributed by atoms with E-state index in [1.165, 1.54) is 25.3 Å². The SMILES string of the molecule is CC1(c2cc(NC(=O)c3ccc(C#N)cn3)cc(Cl)c2F)CC(C(F)(F)F)OC(N)=N1. The first kappa shape index (κ1) is 22.3. The second kappa shape index (κ2) is 8.03. The standard InChI is InChI=1S/C19H14ClF4N5O2/c1-18(6-14(19(22,23)24)31-17(26)29-18)11-4-10(5-12(20)15(11)21)28-16(30)13-3-2-9(7-25)8-27-13/h2-5,8,14H,6H2,1H3,(H2,26,29)(H,28,30). The second-order valence-electron chi connectivity index (χ2n) is 6.89. The number of nitriles is 1. The van der Waals surface area contributed by atoms with Gasteiger partial charge in [0.2, 0.25) is 0 Å². The smallest absolute Gasteiger partial charge is 0.425 e. The van der Waals surface area contributed by atoms with Gasteiger partial charge in [0.25, 0.3) is 11.9 Å². The molecule has 2 unspecified atom stereocenters. The van der Waals surface area contributed by atoms with Gasteiger partial charge in [-0.15, -0.1) is 0 Å². The molecule has 0 bridgehead atoms. The molecule has 2 heterocycles. The number of alkyl halides is 3. The summed E-state index contributed by atoms with van der Waals surface area (Å²) in [5.74, 6) is -1.70. The van der Waals surface area contributed by atoms with Crippen molar-refractivity contribution in [2.24, 2.45) is 10.7 Å². The highest BCUT2D eigenvalue weighted by Crippen LogP contribution is 2.42. The molecule has 2 atom stereocenters. The highest BCUT2D eigenvalue weighted by Gasteiger charge is 2.50. The van der Waals surface area contributed by atoms with Crippen molar-refractivity contribution in [2.75, 3.05) is 5.32 Å². The number of halogens is 5. The molecular formula is C19H14ClF4N5O2. The van der Waals surface area contributed by atoms with E-state index in [0.29, 0.717) is 0 Å². The summed E-state index contributed by atoms with van der Waals surface area (Å²) in [6.45, 7) is 1.25. The van der Waals surface area contributed by atoms with Crippen molar-refractivity contribution in [3.8, 4) is 6.07 Å². The summed E-state index contributed by atoms with van der Waals surface area (Å²) in [6, 6.07) is 6.01. The van der Waals surface area contributed by atoms with Crippen LogP contribution in [0.4, 0.5) is 23.2 Å². The summed E-state index contributed by atoms with van der Waals surface area (Å²) < 4.78 is 59.0. The van der Waals surface area contributed by atoms with Crippen LogP contribution in [0.3, 0.4) is 0 Å². The lowest BCUT2D eigenvalue weighted by atomic mass is 9.85. The minimum atomic E-state index is -4.75. The molecule has 0 fully saturated rings. The number of nitrogens with one attached hydrogen (secondary N) is 1. The van der Waals surface area contributed by atoms with Gasteiger partial charge in [-0.3, -0.25) is 4.79 Å². The normalized spacial score (nSPS) is 20.9. The highest BCUT2D eigenvalue weighted by atomic mass is 35.5. The number of aliphatic imine (C=N–C) groups is 1. The van der Waals surface area contributed by atoms with Crippen LogP contribution in [0.5, 0.6) is 0 Å². The van der Waals surface area contributed by atoms with Gasteiger partial charge in [0.05, 0.1) is 16.1 Å². The zero-order valence-electron chi connectivity index (χ0n) is 15.8. The number of pyridine rings is 1. The van der Waals surface area contributed by atoms with Crippen LogP contribution in [0, 0.1) is 17.1 Å². The number of anilines is 1. The van der Waals surface area contributed by atoms with Crippen molar-refractivity contribution < 1.29 is 27.1 Å². The van der Waals surface area contributed by atoms with Crippen LogP contribution in [0.2, 0.25) is 5.02 Å². The third-order valence-electron chi connectivity index (χ3n) is 4.56. The van der Waals surface area contributed by atoms with Crippen molar-refractivity contribution in [3.63, 3.8) is 0 Å². The van der Waals surface area contributed by atoms with E-state index in [-0.39, 0.29) is 22.5 Å². The number of hydrogen-bond donors (Lipinski definition) is 2. The minimum absolute atomic E-state index is 0.00241. The molecule has 1 aromatic carbocycles. The van der Waals surface area contributed by atoms with E-state index in [4.69, 9.17) is 22.6 Å². The number of aromatic nitrogens is 1. The molecule has 7 nitrogen and oxygen atoms in total. The third-order valence-corrected chi connectivity index (χ3v) is 4.83. The quantitative estimate of drug-likeness (QED) is 0.682. The summed E-state index contributed by atoms with van der Waals surface area (Å²) >= 11 is 5.92. The van der Waals surface area contributed by atoms with Crippen LogP contribution >= 0.6 is 11.6 Å². The lowest BCUT2D eigenvalue weighted by Crippen LogP contribution is -2.46. The Morgan fingerprint density at radius 1 is 1.42 bits per heavy atom. The minimum Gasteiger partial charge on any atom is -0.452 e. The average Bonchev–Trinajstić information content (AvgIpc) is 2.69. The van der Waals surface area contributed by atoms with E-state index in [0.717, 1.165) is 12.1 Å². The Balaban J connectivity index is 1.96. The fraction of sp³-hybridized carbons (Fsp3) is 0.263. The fourth-order valence-electron chi connectivity index (χ4n) is 3.06. The first-order valence-electron chi connectivity index (χ1n) is 8.68. The third kappa shape index (κ3) is 4.69. The fourth-order valence-corrected chi connectivity index (χ4v) is 3.28. The van der Waals surface area contributed by atoms with E-state index >= 15 is 0 Å². The molecule has 3 rings (SSSR count). The van der Waals surface area contributed by atoms with Gasteiger partial charge in [-0.25, -0.2) is 14.4 Å². The van der Waals surface area contributed by atoms with Crippen molar-refractivity contribution in [3.05, 3.63) is 58.1 Å². The first-order chi connectivity index (χ1) is 14.4. The lowest BCUT2D eigenvalue weighted by molar-refractivity contribution is -0.208. The predicted molar refractivity (Wildman–Crippen MR) is 103 cm³/mol. The van der Waals surface area contributed by atoms with E-state index in [2.05, 4.69) is 20.0 Å². The molecule has 162 valence electrons. The number of rotatable bonds is 3. The van der Waals surface area contributed by atoms with Gasteiger partial charge in [-0.05, 0) is 31.2 Å². The molecule has 1 aromatic heterocycles. The van der Waals surface area contributed by atoms with Crippen LogP contribution in [-0.2, 0) is 10.3 Å². The number of ether oxygens (including phenoxy) is 1. The van der Waals surface area contributed by atoms with E-state index in [1.807, 2.05) is 6.07 Å². The number of nitrogens with two attached hydrogens (primary N) is 1. The maximum absolute atomic E-state index is 14.8. The van der Waals surface area contributed by atoms with E-state index in [9.17, 15) is 22.4 Å². The van der Waals surface area contributed by atoms with Gasteiger partial charge in [-0.1, -0.05) is 11.6 Å². The molecule has 2 aromatic rings. The topological polar surface area (TPSA) is 113 Å². The molecule has 3 N–H and O–H groups in total. The molecule has 1 amide bonds. The summed E-state index contributed by atoms with van der Waals surface area (Å²) in [5.41, 5.74) is 3.55. The number of benzene rings is 1. The predicted octanol–water partition coefficient (Wildman–Crippen LogP) is 3.88. The van der Waals surface area contributed by atoms with Crippen molar-refractivity contribution in [2.45, 2.75) is 31.2 Å². The summed E-state index contributed by atoms with van der Waals surface area (Å²) in [7, 11) is 0. The number of amides is 1. The molecule has 0 spiro atoms. The van der Waals surface area contributed by atoms with E-state index < -0.39 is 47.0 Å².